The molecule has 1 aliphatic heterocycles. The van der Waals surface area contributed by atoms with Crippen molar-refractivity contribution < 1.29 is 4.79 Å². The van der Waals surface area contributed by atoms with Crippen LogP contribution in [-0.2, 0) is 0 Å². The molecule has 0 spiro atoms. The van der Waals surface area contributed by atoms with Gasteiger partial charge in [-0.05, 0) is 18.2 Å². The van der Waals surface area contributed by atoms with Crippen molar-refractivity contribution >= 4 is 29.1 Å². The second kappa shape index (κ2) is 6.60. The lowest BCUT2D eigenvalue weighted by Crippen LogP contribution is -2.46. The topological polar surface area (TPSA) is 58.1 Å². The molecular weight excluding hydrogens is 323 g/mol. The van der Waals surface area contributed by atoms with E-state index in [-0.39, 0.29) is 5.91 Å². The van der Waals surface area contributed by atoms with Gasteiger partial charge in [-0.1, -0.05) is 29.3 Å². The van der Waals surface area contributed by atoms with Gasteiger partial charge in [0.1, 0.15) is 12.0 Å². The first-order valence-corrected chi connectivity index (χ1v) is 7.68. The number of rotatable bonds is 2. The third kappa shape index (κ3) is 3.21. The molecule has 0 unspecified atom stereocenters. The molecule has 1 saturated heterocycles. The van der Waals surface area contributed by atoms with Gasteiger partial charge in [-0.2, -0.15) is 0 Å². The second-order valence-corrected chi connectivity index (χ2v) is 5.77. The first kappa shape index (κ1) is 15.2. The van der Waals surface area contributed by atoms with E-state index in [9.17, 15) is 4.79 Å². The summed E-state index contributed by atoms with van der Waals surface area (Å²) in [6, 6.07) is 6.93. The van der Waals surface area contributed by atoms with Crippen LogP contribution < -0.4 is 5.32 Å². The summed E-state index contributed by atoms with van der Waals surface area (Å²) in [6.45, 7) is 2.98. The highest BCUT2D eigenvalue weighted by Gasteiger charge is 2.19. The van der Waals surface area contributed by atoms with Gasteiger partial charge < -0.3 is 10.2 Å². The summed E-state index contributed by atoms with van der Waals surface area (Å²) in [4.78, 5) is 22.6. The Hall–Kier alpha value is -1.69. The molecule has 1 aliphatic rings. The normalized spacial score (nSPS) is 14.9. The fourth-order valence-electron chi connectivity index (χ4n) is 2.32. The van der Waals surface area contributed by atoms with Crippen LogP contribution in [0, 0.1) is 0 Å². The molecule has 2 heterocycles. The van der Waals surface area contributed by atoms with E-state index >= 15 is 0 Å². The lowest BCUT2D eigenvalue weighted by Gasteiger charge is -2.27. The first-order chi connectivity index (χ1) is 10.6. The maximum atomic E-state index is 12.5. The van der Waals surface area contributed by atoms with E-state index < -0.39 is 0 Å². The predicted octanol–water partition coefficient (Wildman–Crippen LogP) is 2.50. The molecule has 1 amide bonds. The monoisotopic (exact) mass is 336 g/mol. The third-order valence-electron chi connectivity index (χ3n) is 3.51. The van der Waals surface area contributed by atoms with Crippen LogP contribution in [0.1, 0.15) is 10.5 Å². The van der Waals surface area contributed by atoms with Crippen molar-refractivity contribution in [2.24, 2.45) is 0 Å². The van der Waals surface area contributed by atoms with Crippen LogP contribution in [0.15, 0.2) is 30.6 Å². The summed E-state index contributed by atoms with van der Waals surface area (Å²) >= 11 is 12.0. The number of carbonyl (C=O) groups is 1. The largest absolute Gasteiger partial charge is 0.335 e. The Morgan fingerprint density at radius 3 is 2.59 bits per heavy atom. The van der Waals surface area contributed by atoms with E-state index in [1.807, 2.05) is 6.07 Å². The molecule has 3 rings (SSSR count). The van der Waals surface area contributed by atoms with Gasteiger partial charge in [0.2, 0.25) is 0 Å². The molecular formula is C15H14Cl2N4O. The maximum Gasteiger partial charge on any atom is 0.272 e. The minimum absolute atomic E-state index is 0.0785. The number of hydrogen-bond donors (Lipinski definition) is 1. The van der Waals surface area contributed by atoms with Crippen molar-refractivity contribution in [2.45, 2.75) is 0 Å². The van der Waals surface area contributed by atoms with Crippen LogP contribution in [0.2, 0.25) is 10.0 Å². The van der Waals surface area contributed by atoms with Gasteiger partial charge in [-0.3, -0.25) is 4.79 Å². The van der Waals surface area contributed by atoms with Crippen molar-refractivity contribution in [1.29, 1.82) is 0 Å². The molecule has 7 heteroatoms. The number of aromatic nitrogens is 2. The molecule has 0 aliphatic carbocycles. The van der Waals surface area contributed by atoms with E-state index in [0.717, 1.165) is 18.7 Å². The van der Waals surface area contributed by atoms with Crippen molar-refractivity contribution in [1.82, 2.24) is 20.2 Å². The summed E-state index contributed by atoms with van der Waals surface area (Å²) < 4.78 is 0. The zero-order valence-corrected chi connectivity index (χ0v) is 13.2. The lowest BCUT2D eigenvalue weighted by molar-refractivity contribution is 0.0729. The van der Waals surface area contributed by atoms with Crippen LogP contribution in [0.5, 0.6) is 0 Å². The Morgan fingerprint density at radius 2 is 1.86 bits per heavy atom. The van der Waals surface area contributed by atoms with E-state index in [1.54, 1.807) is 23.1 Å². The SMILES string of the molecule is O=C(c1cc(-c2ccc(Cl)c(Cl)c2)ncn1)N1CCNCC1. The van der Waals surface area contributed by atoms with E-state index in [2.05, 4.69) is 15.3 Å². The lowest BCUT2D eigenvalue weighted by atomic mass is 10.1. The quantitative estimate of drug-likeness (QED) is 0.915. The number of hydrogen-bond acceptors (Lipinski definition) is 4. The Balaban J connectivity index is 1.88. The number of benzene rings is 1. The van der Waals surface area contributed by atoms with Gasteiger partial charge in [0, 0.05) is 31.7 Å². The van der Waals surface area contributed by atoms with Crippen molar-refractivity contribution in [3.8, 4) is 11.3 Å². The molecule has 22 heavy (non-hydrogen) atoms. The molecule has 0 atom stereocenters. The summed E-state index contributed by atoms with van der Waals surface area (Å²) in [5.74, 6) is -0.0785. The zero-order chi connectivity index (χ0) is 15.5. The Morgan fingerprint density at radius 1 is 1.09 bits per heavy atom. The maximum absolute atomic E-state index is 12.5. The summed E-state index contributed by atoms with van der Waals surface area (Å²) in [6.07, 6.45) is 1.40. The standard InChI is InChI=1S/C15H14Cl2N4O/c16-11-2-1-10(7-12(11)17)13-8-14(20-9-19-13)15(22)21-5-3-18-4-6-21/h1-2,7-9,18H,3-6H2. The van der Waals surface area contributed by atoms with Crippen LogP contribution in [0.3, 0.4) is 0 Å². The fraction of sp³-hybridized carbons (Fsp3) is 0.267. The van der Waals surface area contributed by atoms with Crippen LogP contribution in [0.25, 0.3) is 11.3 Å². The van der Waals surface area contributed by atoms with E-state index in [1.165, 1.54) is 6.33 Å². The molecule has 114 valence electrons. The van der Waals surface area contributed by atoms with Crippen molar-refractivity contribution in [3.63, 3.8) is 0 Å². The minimum Gasteiger partial charge on any atom is -0.335 e. The summed E-state index contributed by atoms with van der Waals surface area (Å²) in [5, 5.41) is 4.15. The highest BCUT2D eigenvalue weighted by molar-refractivity contribution is 6.42. The highest BCUT2D eigenvalue weighted by Crippen LogP contribution is 2.27. The molecule has 0 saturated carbocycles. The van der Waals surface area contributed by atoms with Gasteiger partial charge >= 0.3 is 0 Å². The Labute approximate surface area is 138 Å². The number of nitrogens with zero attached hydrogens (tertiary/aromatic N) is 3. The van der Waals surface area contributed by atoms with Gasteiger partial charge in [-0.25, -0.2) is 9.97 Å². The Bertz CT molecular complexity index is 702. The average molecular weight is 337 g/mol. The van der Waals surface area contributed by atoms with Crippen LogP contribution in [-0.4, -0.2) is 47.0 Å². The van der Waals surface area contributed by atoms with Crippen molar-refractivity contribution in [3.05, 3.63) is 46.3 Å². The van der Waals surface area contributed by atoms with Gasteiger partial charge in [0.25, 0.3) is 5.91 Å². The number of piperazine rings is 1. The number of amides is 1. The van der Waals surface area contributed by atoms with Gasteiger partial charge in [0.15, 0.2) is 0 Å². The van der Waals surface area contributed by atoms with E-state index in [0.29, 0.717) is 34.5 Å². The molecule has 0 radical (unpaired) electrons. The molecule has 1 N–H and O–H groups in total. The fourth-order valence-corrected chi connectivity index (χ4v) is 2.62. The van der Waals surface area contributed by atoms with Crippen LogP contribution >= 0.6 is 23.2 Å². The first-order valence-electron chi connectivity index (χ1n) is 6.92. The Kier molecular flexibility index (Phi) is 4.57. The molecule has 5 nitrogen and oxygen atoms in total. The molecule has 0 bridgehead atoms. The average Bonchev–Trinajstić information content (AvgIpc) is 2.57. The zero-order valence-electron chi connectivity index (χ0n) is 11.7. The molecule has 1 aromatic heterocycles. The number of carbonyl (C=O) groups excluding carboxylic acids is 1. The van der Waals surface area contributed by atoms with Gasteiger partial charge in [-0.15, -0.1) is 0 Å². The number of halogens is 2. The second-order valence-electron chi connectivity index (χ2n) is 4.96. The highest BCUT2D eigenvalue weighted by atomic mass is 35.5. The number of nitrogens with one attached hydrogen (secondary N) is 1. The smallest absolute Gasteiger partial charge is 0.272 e. The summed E-state index contributed by atoms with van der Waals surface area (Å²) in [5.41, 5.74) is 1.83. The van der Waals surface area contributed by atoms with Crippen LogP contribution in [0.4, 0.5) is 0 Å². The van der Waals surface area contributed by atoms with Crippen molar-refractivity contribution in [2.75, 3.05) is 26.2 Å². The predicted molar refractivity (Wildman–Crippen MR) is 86.3 cm³/mol. The molecule has 1 fully saturated rings. The molecule has 1 aromatic carbocycles. The van der Waals surface area contributed by atoms with Gasteiger partial charge in [0.05, 0.1) is 15.7 Å². The molecule has 2 aromatic rings. The third-order valence-corrected chi connectivity index (χ3v) is 4.24. The van der Waals surface area contributed by atoms with E-state index in [4.69, 9.17) is 23.2 Å². The minimum atomic E-state index is -0.0785. The summed E-state index contributed by atoms with van der Waals surface area (Å²) in [7, 11) is 0.